The van der Waals surface area contributed by atoms with Crippen LogP contribution in [0.1, 0.15) is 31.9 Å². The van der Waals surface area contributed by atoms with E-state index in [-0.39, 0.29) is 16.9 Å². The molecule has 0 fully saturated rings. The van der Waals surface area contributed by atoms with Gasteiger partial charge in [0.15, 0.2) is 11.5 Å². The summed E-state index contributed by atoms with van der Waals surface area (Å²) in [6.07, 6.45) is 0. The van der Waals surface area contributed by atoms with Crippen LogP contribution in [0, 0.1) is 6.92 Å². The van der Waals surface area contributed by atoms with Crippen LogP contribution in [-0.2, 0) is 5.41 Å². The molecular formula is C11H16O2. The second kappa shape index (κ2) is 2.95. The quantitative estimate of drug-likeness (QED) is 0.603. The van der Waals surface area contributed by atoms with Crippen LogP contribution in [0.15, 0.2) is 12.1 Å². The smallest absolute Gasteiger partial charge is 0.161 e. The van der Waals surface area contributed by atoms with Crippen molar-refractivity contribution in [3.8, 4) is 11.5 Å². The fourth-order valence-corrected chi connectivity index (χ4v) is 1.63. The lowest BCUT2D eigenvalue weighted by Crippen LogP contribution is -2.13. The molecule has 2 nitrogen and oxygen atoms in total. The Bertz CT molecular complexity index is 322. The number of phenolic OH excluding ortho intramolecular Hbond substituents is 2. The van der Waals surface area contributed by atoms with Crippen LogP contribution in [0.3, 0.4) is 0 Å². The predicted octanol–water partition coefficient (Wildman–Crippen LogP) is 2.70. The number of benzene rings is 1. The highest BCUT2D eigenvalue weighted by molar-refractivity contribution is 5.51. The lowest BCUT2D eigenvalue weighted by Gasteiger charge is -2.23. The highest BCUT2D eigenvalue weighted by Crippen LogP contribution is 2.38. The van der Waals surface area contributed by atoms with Gasteiger partial charge in [0, 0.05) is 5.56 Å². The van der Waals surface area contributed by atoms with E-state index in [1.807, 2.05) is 33.8 Å². The maximum atomic E-state index is 9.66. The summed E-state index contributed by atoms with van der Waals surface area (Å²) in [5, 5.41) is 19.0. The van der Waals surface area contributed by atoms with Gasteiger partial charge in [-0.15, -0.1) is 0 Å². The number of rotatable bonds is 0. The van der Waals surface area contributed by atoms with Gasteiger partial charge in [-0.3, -0.25) is 0 Å². The maximum Gasteiger partial charge on any atom is 0.161 e. The van der Waals surface area contributed by atoms with Crippen LogP contribution in [0.4, 0.5) is 0 Å². The number of aromatic hydroxyl groups is 2. The van der Waals surface area contributed by atoms with Crippen molar-refractivity contribution < 1.29 is 10.2 Å². The third-order valence-electron chi connectivity index (χ3n) is 2.11. The molecule has 2 heteroatoms. The molecule has 1 aromatic rings. The van der Waals surface area contributed by atoms with Crippen LogP contribution in [0.2, 0.25) is 0 Å². The predicted molar refractivity (Wildman–Crippen MR) is 53.2 cm³/mol. The fourth-order valence-electron chi connectivity index (χ4n) is 1.63. The van der Waals surface area contributed by atoms with Crippen LogP contribution in [-0.4, -0.2) is 10.2 Å². The average molecular weight is 180 g/mol. The van der Waals surface area contributed by atoms with E-state index in [0.29, 0.717) is 0 Å². The minimum absolute atomic E-state index is 0.00694. The molecule has 0 aliphatic rings. The van der Waals surface area contributed by atoms with Crippen LogP contribution >= 0.6 is 0 Å². The summed E-state index contributed by atoms with van der Waals surface area (Å²) in [6, 6.07) is 3.33. The SMILES string of the molecule is Cc1ccc(O)c(O)c1C(C)(C)C. The Morgan fingerprint density at radius 3 is 2.00 bits per heavy atom. The van der Waals surface area contributed by atoms with Crippen molar-refractivity contribution in [1.29, 1.82) is 0 Å². The summed E-state index contributed by atoms with van der Waals surface area (Å²) in [5.41, 5.74) is 1.67. The molecule has 0 saturated heterocycles. The third-order valence-corrected chi connectivity index (χ3v) is 2.11. The van der Waals surface area contributed by atoms with Crippen LogP contribution in [0.5, 0.6) is 11.5 Å². The second-order valence-electron chi connectivity index (χ2n) is 4.38. The van der Waals surface area contributed by atoms with Gasteiger partial charge in [-0.1, -0.05) is 26.8 Å². The van der Waals surface area contributed by atoms with E-state index in [0.717, 1.165) is 11.1 Å². The van der Waals surface area contributed by atoms with E-state index in [9.17, 15) is 10.2 Å². The lowest BCUT2D eigenvalue weighted by molar-refractivity contribution is 0.388. The summed E-state index contributed by atoms with van der Waals surface area (Å²) in [6.45, 7) is 7.96. The Balaban J connectivity index is 3.43. The third kappa shape index (κ3) is 1.77. The number of phenols is 2. The summed E-state index contributed by atoms with van der Waals surface area (Å²) in [7, 11) is 0. The van der Waals surface area contributed by atoms with Gasteiger partial charge in [0.25, 0.3) is 0 Å². The van der Waals surface area contributed by atoms with Gasteiger partial charge in [-0.25, -0.2) is 0 Å². The lowest BCUT2D eigenvalue weighted by atomic mass is 9.83. The normalized spacial score (nSPS) is 11.7. The Morgan fingerprint density at radius 1 is 1.08 bits per heavy atom. The van der Waals surface area contributed by atoms with E-state index in [1.165, 1.54) is 6.07 Å². The van der Waals surface area contributed by atoms with Crippen molar-refractivity contribution in [3.05, 3.63) is 23.3 Å². The summed E-state index contributed by atoms with van der Waals surface area (Å²) in [5.74, 6) is -0.0389. The molecule has 0 saturated carbocycles. The second-order valence-corrected chi connectivity index (χ2v) is 4.38. The van der Waals surface area contributed by atoms with Crippen molar-refractivity contribution in [2.75, 3.05) is 0 Å². The zero-order valence-corrected chi connectivity index (χ0v) is 8.55. The molecule has 0 unspecified atom stereocenters. The molecule has 72 valence electrons. The number of hydrogen-bond donors (Lipinski definition) is 2. The highest BCUT2D eigenvalue weighted by Gasteiger charge is 2.22. The van der Waals surface area contributed by atoms with Crippen LogP contribution < -0.4 is 0 Å². The van der Waals surface area contributed by atoms with Crippen molar-refractivity contribution in [1.82, 2.24) is 0 Å². The Morgan fingerprint density at radius 2 is 1.62 bits per heavy atom. The zero-order chi connectivity index (χ0) is 10.2. The molecular weight excluding hydrogens is 164 g/mol. The van der Waals surface area contributed by atoms with E-state index in [2.05, 4.69) is 0 Å². The molecule has 0 amide bonds. The maximum absolute atomic E-state index is 9.66. The van der Waals surface area contributed by atoms with Gasteiger partial charge >= 0.3 is 0 Å². The number of aryl methyl sites for hydroxylation is 1. The highest BCUT2D eigenvalue weighted by atomic mass is 16.3. The zero-order valence-electron chi connectivity index (χ0n) is 8.55. The molecule has 2 N–H and O–H groups in total. The molecule has 1 rings (SSSR count). The summed E-state index contributed by atoms with van der Waals surface area (Å²) >= 11 is 0. The minimum Gasteiger partial charge on any atom is -0.504 e. The molecule has 1 aromatic carbocycles. The van der Waals surface area contributed by atoms with E-state index in [4.69, 9.17) is 0 Å². The first-order valence-electron chi connectivity index (χ1n) is 4.36. The van der Waals surface area contributed by atoms with Crippen molar-refractivity contribution in [2.24, 2.45) is 0 Å². The number of hydrogen-bond acceptors (Lipinski definition) is 2. The topological polar surface area (TPSA) is 40.5 Å². The van der Waals surface area contributed by atoms with E-state index in [1.54, 1.807) is 0 Å². The van der Waals surface area contributed by atoms with Gasteiger partial charge in [-0.2, -0.15) is 0 Å². The molecule has 13 heavy (non-hydrogen) atoms. The molecule has 0 aromatic heterocycles. The first kappa shape index (κ1) is 9.90. The Labute approximate surface area is 78.8 Å². The molecule has 0 aliphatic carbocycles. The molecule has 0 aliphatic heterocycles. The molecule has 0 spiro atoms. The molecule has 0 atom stereocenters. The Kier molecular flexibility index (Phi) is 2.24. The first-order valence-corrected chi connectivity index (χ1v) is 4.36. The van der Waals surface area contributed by atoms with E-state index >= 15 is 0 Å². The molecule has 0 bridgehead atoms. The van der Waals surface area contributed by atoms with Crippen molar-refractivity contribution in [3.63, 3.8) is 0 Å². The van der Waals surface area contributed by atoms with Gasteiger partial charge in [0.1, 0.15) is 0 Å². The van der Waals surface area contributed by atoms with E-state index < -0.39 is 0 Å². The minimum atomic E-state index is -0.146. The standard InChI is InChI=1S/C11H16O2/c1-7-5-6-8(12)10(13)9(7)11(2,3)4/h5-6,12-13H,1-4H3. The molecule has 0 heterocycles. The molecule has 0 radical (unpaired) electrons. The largest absolute Gasteiger partial charge is 0.504 e. The summed E-state index contributed by atoms with van der Waals surface area (Å²) in [4.78, 5) is 0. The van der Waals surface area contributed by atoms with Gasteiger partial charge in [-0.05, 0) is 24.0 Å². The Hall–Kier alpha value is -1.18. The summed E-state index contributed by atoms with van der Waals surface area (Å²) < 4.78 is 0. The van der Waals surface area contributed by atoms with Crippen molar-refractivity contribution in [2.45, 2.75) is 33.1 Å². The van der Waals surface area contributed by atoms with Gasteiger partial charge < -0.3 is 10.2 Å². The van der Waals surface area contributed by atoms with Crippen molar-refractivity contribution >= 4 is 0 Å². The van der Waals surface area contributed by atoms with Crippen LogP contribution in [0.25, 0.3) is 0 Å². The fraction of sp³-hybridized carbons (Fsp3) is 0.455. The monoisotopic (exact) mass is 180 g/mol. The average Bonchev–Trinajstić information content (AvgIpc) is 1.95. The van der Waals surface area contributed by atoms with Gasteiger partial charge in [0.2, 0.25) is 0 Å². The first-order chi connectivity index (χ1) is 5.84. The van der Waals surface area contributed by atoms with Gasteiger partial charge in [0.05, 0.1) is 0 Å².